The zero-order valence-electron chi connectivity index (χ0n) is 8.45. The van der Waals surface area contributed by atoms with Gasteiger partial charge in [0, 0.05) is 5.38 Å². The van der Waals surface area contributed by atoms with E-state index >= 15 is 0 Å². The molecule has 84 valence electrons. The minimum absolute atomic E-state index is 0.0965. The van der Waals surface area contributed by atoms with E-state index in [2.05, 4.69) is 9.97 Å². The lowest BCUT2D eigenvalue weighted by Crippen LogP contribution is -1.94. The highest BCUT2D eigenvalue weighted by atomic mass is 32.1. The van der Waals surface area contributed by atoms with Gasteiger partial charge in [0.1, 0.15) is 10.7 Å². The fraction of sp³-hybridized carbons (Fsp3) is 0. The van der Waals surface area contributed by atoms with E-state index in [4.69, 9.17) is 5.11 Å². The number of carboxylic acids is 1. The predicted molar refractivity (Wildman–Crippen MR) is 67.7 cm³/mol. The van der Waals surface area contributed by atoms with E-state index in [1.165, 1.54) is 11.3 Å². The number of thiazole rings is 2. The number of hydrogen-bond donors (Lipinski definition) is 1. The minimum Gasteiger partial charge on any atom is -0.476 e. The Morgan fingerprint density at radius 1 is 1.24 bits per heavy atom. The Hall–Kier alpha value is -1.79. The molecule has 0 atom stereocenters. The van der Waals surface area contributed by atoms with Crippen molar-refractivity contribution < 1.29 is 9.90 Å². The van der Waals surface area contributed by atoms with Crippen LogP contribution < -0.4 is 0 Å². The highest BCUT2D eigenvalue weighted by Gasteiger charge is 2.13. The molecule has 0 amide bonds. The monoisotopic (exact) mass is 262 g/mol. The summed E-state index contributed by atoms with van der Waals surface area (Å²) in [6, 6.07) is 7.80. The summed E-state index contributed by atoms with van der Waals surface area (Å²) in [5, 5.41) is 11.4. The molecule has 2 heterocycles. The molecular weight excluding hydrogens is 256 g/mol. The topological polar surface area (TPSA) is 63.1 Å². The summed E-state index contributed by atoms with van der Waals surface area (Å²) in [5.41, 5.74) is 1.55. The number of para-hydroxylation sites is 1. The zero-order chi connectivity index (χ0) is 11.8. The van der Waals surface area contributed by atoms with Crippen LogP contribution in [0.3, 0.4) is 0 Å². The van der Waals surface area contributed by atoms with E-state index < -0.39 is 5.97 Å². The van der Waals surface area contributed by atoms with Crippen LogP contribution >= 0.6 is 22.7 Å². The van der Waals surface area contributed by atoms with E-state index in [1.807, 2.05) is 24.3 Å². The summed E-state index contributed by atoms with van der Waals surface area (Å²) in [7, 11) is 0. The highest BCUT2D eigenvalue weighted by Crippen LogP contribution is 2.30. The second kappa shape index (κ2) is 3.90. The molecule has 17 heavy (non-hydrogen) atoms. The Balaban J connectivity index is 2.10. The SMILES string of the molecule is O=C(O)c1nc(-c2nc3ccccc3s2)cs1. The zero-order valence-corrected chi connectivity index (χ0v) is 10.1. The third-order valence-corrected chi connectivity index (χ3v) is 4.09. The van der Waals surface area contributed by atoms with Crippen molar-refractivity contribution in [3.8, 4) is 10.7 Å². The maximum Gasteiger partial charge on any atom is 0.365 e. The van der Waals surface area contributed by atoms with Crippen molar-refractivity contribution >= 4 is 38.9 Å². The van der Waals surface area contributed by atoms with Gasteiger partial charge in [-0.1, -0.05) is 12.1 Å². The van der Waals surface area contributed by atoms with Crippen molar-refractivity contribution in [3.05, 3.63) is 34.7 Å². The van der Waals surface area contributed by atoms with Crippen LogP contribution in [0.4, 0.5) is 0 Å². The molecule has 4 nitrogen and oxygen atoms in total. The van der Waals surface area contributed by atoms with Crippen LogP contribution in [0, 0.1) is 0 Å². The third-order valence-electron chi connectivity index (χ3n) is 2.20. The molecule has 0 aliphatic carbocycles. The molecule has 0 radical (unpaired) electrons. The van der Waals surface area contributed by atoms with Crippen molar-refractivity contribution in [1.82, 2.24) is 9.97 Å². The smallest absolute Gasteiger partial charge is 0.365 e. The number of rotatable bonds is 2. The maximum atomic E-state index is 10.7. The lowest BCUT2D eigenvalue weighted by atomic mass is 10.3. The van der Waals surface area contributed by atoms with Crippen molar-refractivity contribution in [3.63, 3.8) is 0 Å². The molecule has 0 aliphatic rings. The molecule has 0 bridgehead atoms. The molecular formula is C11H6N2O2S2. The molecule has 0 saturated heterocycles. The van der Waals surface area contributed by atoms with Crippen LogP contribution in [-0.4, -0.2) is 21.0 Å². The Kier molecular flexibility index (Phi) is 2.38. The Labute approximate surface area is 104 Å². The molecule has 0 fully saturated rings. The Bertz CT molecular complexity index is 669. The second-order valence-electron chi connectivity index (χ2n) is 3.33. The standard InChI is InChI=1S/C11H6N2O2S2/c14-11(15)10-13-7(5-16-10)9-12-6-3-1-2-4-8(6)17-9/h1-5H,(H,14,15). The molecule has 6 heteroatoms. The summed E-state index contributed by atoms with van der Waals surface area (Å²) in [6.45, 7) is 0. The van der Waals surface area contributed by atoms with E-state index in [0.29, 0.717) is 5.69 Å². The van der Waals surface area contributed by atoms with E-state index in [0.717, 1.165) is 26.6 Å². The first-order valence-electron chi connectivity index (χ1n) is 4.79. The first kappa shape index (κ1) is 10.4. The predicted octanol–water partition coefficient (Wildman–Crippen LogP) is 3.12. The van der Waals surface area contributed by atoms with Crippen LogP contribution in [0.1, 0.15) is 9.80 Å². The lowest BCUT2D eigenvalue weighted by molar-refractivity contribution is 0.0696. The van der Waals surface area contributed by atoms with Gasteiger partial charge in [-0.15, -0.1) is 22.7 Å². The van der Waals surface area contributed by atoms with Crippen LogP contribution in [0.25, 0.3) is 20.9 Å². The van der Waals surface area contributed by atoms with Crippen molar-refractivity contribution in [2.75, 3.05) is 0 Å². The summed E-state index contributed by atoms with van der Waals surface area (Å²) in [6.07, 6.45) is 0. The third kappa shape index (κ3) is 1.81. The molecule has 0 saturated carbocycles. The summed E-state index contributed by atoms with van der Waals surface area (Å²) < 4.78 is 1.08. The van der Waals surface area contributed by atoms with Crippen LogP contribution in [-0.2, 0) is 0 Å². The first-order valence-corrected chi connectivity index (χ1v) is 6.48. The molecule has 3 aromatic rings. The van der Waals surface area contributed by atoms with Gasteiger partial charge in [0.2, 0.25) is 5.01 Å². The quantitative estimate of drug-likeness (QED) is 0.770. The van der Waals surface area contributed by atoms with Gasteiger partial charge < -0.3 is 5.11 Å². The van der Waals surface area contributed by atoms with Crippen molar-refractivity contribution in [2.45, 2.75) is 0 Å². The number of benzene rings is 1. The highest BCUT2D eigenvalue weighted by molar-refractivity contribution is 7.22. The van der Waals surface area contributed by atoms with Gasteiger partial charge in [-0.25, -0.2) is 14.8 Å². The average Bonchev–Trinajstić information content (AvgIpc) is 2.95. The number of aromatic carboxylic acids is 1. The molecule has 2 aromatic heterocycles. The molecule has 0 unspecified atom stereocenters. The molecule has 0 spiro atoms. The van der Waals surface area contributed by atoms with Gasteiger partial charge in [-0.2, -0.15) is 0 Å². The summed E-state index contributed by atoms with van der Waals surface area (Å²) >= 11 is 2.63. The van der Waals surface area contributed by atoms with E-state index in [9.17, 15) is 4.79 Å². The van der Waals surface area contributed by atoms with Gasteiger partial charge in [-0.05, 0) is 12.1 Å². The Morgan fingerprint density at radius 3 is 2.76 bits per heavy atom. The Morgan fingerprint density at radius 2 is 2.06 bits per heavy atom. The molecule has 0 aliphatic heterocycles. The van der Waals surface area contributed by atoms with Gasteiger partial charge in [0.15, 0.2) is 0 Å². The largest absolute Gasteiger partial charge is 0.476 e. The second-order valence-corrected chi connectivity index (χ2v) is 5.22. The normalized spacial score (nSPS) is 10.8. The van der Waals surface area contributed by atoms with Gasteiger partial charge >= 0.3 is 5.97 Å². The number of fused-ring (bicyclic) bond motifs is 1. The van der Waals surface area contributed by atoms with E-state index in [1.54, 1.807) is 5.38 Å². The van der Waals surface area contributed by atoms with Crippen molar-refractivity contribution in [2.24, 2.45) is 0 Å². The fourth-order valence-corrected chi connectivity index (χ4v) is 3.09. The number of aromatic nitrogens is 2. The molecule has 1 N–H and O–H groups in total. The van der Waals surface area contributed by atoms with Crippen LogP contribution in [0.2, 0.25) is 0 Å². The molecule has 1 aromatic carbocycles. The first-order chi connectivity index (χ1) is 8.24. The van der Waals surface area contributed by atoms with Gasteiger partial charge in [-0.3, -0.25) is 0 Å². The number of nitrogens with zero attached hydrogens (tertiary/aromatic N) is 2. The number of hydrogen-bond acceptors (Lipinski definition) is 5. The van der Waals surface area contributed by atoms with Gasteiger partial charge in [0.25, 0.3) is 0 Å². The number of carbonyl (C=O) groups is 1. The van der Waals surface area contributed by atoms with E-state index in [-0.39, 0.29) is 5.01 Å². The van der Waals surface area contributed by atoms with Gasteiger partial charge in [0.05, 0.1) is 10.2 Å². The van der Waals surface area contributed by atoms with Crippen LogP contribution in [0.15, 0.2) is 29.6 Å². The van der Waals surface area contributed by atoms with Crippen LogP contribution in [0.5, 0.6) is 0 Å². The maximum absolute atomic E-state index is 10.7. The minimum atomic E-state index is -0.998. The number of carboxylic acid groups (broad SMARTS) is 1. The average molecular weight is 262 g/mol. The fourth-order valence-electron chi connectivity index (χ4n) is 1.45. The summed E-state index contributed by atoms with van der Waals surface area (Å²) in [5.74, 6) is -0.998. The molecule has 3 rings (SSSR count). The van der Waals surface area contributed by atoms with Crippen molar-refractivity contribution in [1.29, 1.82) is 0 Å². The lowest BCUT2D eigenvalue weighted by Gasteiger charge is -1.85. The summed E-state index contributed by atoms with van der Waals surface area (Å²) in [4.78, 5) is 19.2.